The summed E-state index contributed by atoms with van der Waals surface area (Å²) in [7, 11) is 0. The quantitative estimate of drug-likeness (QED) is 0.180. The van der Waals surface area contributed by atoms with Gasteiger partial charge in [-0.05, 0) is 64.4 Å². The molecule has 3 aromatic heterocycles. The predicted molar refractivity (Wildman–Crippen MR) is 221 cm³/mol. The Bertz CT molecular complexity index is 3220. The van der Waals surface area contributed by atoms with Crippen molar-refractivity contribution in [3.05, 3.63) is 182 Å². The molecule has 3 heterocycles. The fourth-order valence-electron chi connectivity index (χ4n) is 8.04. The molecule has 54 heavy (non-hydrogen) atoms. The van der Waals surface area contributed by atoms with Gasteiger partial charge in [0.1, 0.15) is 11.2 Å². The molecule has 0 aliphatic carbocycles. The first-order chi connectivity index (χ1) is 26.8. The molecule has 0 unspecified atom stereocenters. The number of furan rings is 1. The number of aromatic nitrogens is 4. The summed E-state index contributed by atoms with van der Waals surface area (Å²) >= 11 is 0. The van der Waals surface area contributed by atoms with Crippen LogP contribution in [0.2, 0.25) is 0 Å². The van der Waals surface area contributed by atoms with E-state index >= 15 is 0 Å². The van der Waals surface area contributed by atoms with Crippen molar-refractivity contribution in [2.75, 3.05) is 0 Å². The molecule has 5 heteroatoms. The van der Waals surface area contributed by atoms with E-state index in [1.807, 2.05) is 30.3 Å². The van der Waals surface area contributed by atoms with Gasteiger partial charge in [-0.2, -0.15) is 0 Å². The summed E-state index contributed by atoms with van der Waals surface area (Å²) in [6.45, 7) is 0. The minimum Gasteiger partial charge on any atom is -0.456 e. The van der Waals surface area contributed by atoms with Crippen LogP contribution in [0.25, 0.3) is 105 Å². The van der Waals surface area contributed by atoms with Crippen LogP contribution in [-0.2, 0) is 0 Å². The van der Waals surface area contributed by atoms with E-state index in [2.05, 4.69) is 156 Å². The zero-order chi connectivity index (χ0) is 35.6. The monoisotopic (exact) mass is 690 g/mol. The molecule has 0 bridgehead atoms. The van der Waals surface area contributed by atoms with Gasteiger partial charge in [0.25, 0.3) is 0 Å². The lowest BCUT2D eigenvalue weighted by molar-refractivity contribution is 0.669. The van der Waals surface area contributed by atoms with Gasteiger partial charge in [-0.3, -0.25) is 0 Å². The van der Waals surface area contributed by atoms with Crippen molar-refractivity contribution in [3.8, 4) is 51.0 Å². The highest BCUT2D eigenvalue weighted by molar-refractivity contribution is 6.15. The van der Waals surface area contributed by atoms with E-state index in [0.717, 1.165) is 88.0 Å². The minimum atomic E-state index is 0.623. The second-order valence-electron chi connectivity index (χ2n) is 13.6. The van der Waals surface area contributed by atoms with Crippen LogP contribution in [0.15, 0.2) is 186 Å². The molecule has 0 saturated heterocycles. The van der Waals surface area contributed by atoms with Crippen LogP contribution in [0.1, 0.15) is 0 Å². The first-order valence-corrected chi connectivity index (χ1v) is 18.1. The minimum absolute atomic E-state index is 0.623. The van der Waals surface area contributed by atoms with Gasteiger partial charge in [0.15, 0.2) is 17.5 Å². The standard InChI is InChI=1S/C49H30N4O/c1-3-14-31(15-4-1)47-50-48(52-49(51-47)41-24-13-26-43-46(41)40-19-7-9-25-42(40)53(43)33-16-5-2-6-17-33)39-23-12-21-35-34(20-11-22-36(35)39)32-28-29-38-37-18-8-10-27-44(37)54-45(38)30-32/h1-30H. The summed E-state index contributed by atoms with van der Waals surface area (Å²) in [6, 6.07) is 63.2. The van der Waals surface area contributed by atoms with Gasteiger partial charge in [-0.15, -0.1) is 0 Å². The highest BCUT2D eigenvalue weighted by Gasteiger charge is 2.20. The van der Waals surface area contributed by atoms with Crippen LogP contribution < -0.4 is 0 Å². The number of fused-ring (bicyclic) bond motifs is 7. The molecule has 0 N–H and O–H groups in total. The van der Waals surface area contributed by atoms with Gasteiger partial charge in [0, 0.05) is 43.9 Å². The second-order valence-corrected chi connectivity index (χ2v) is 13.6. The topological polar surface area (TPSA) is 56.7 Å². The largest absolute Gasteiger partial charge is 0.456 e. The lowest BCUT2D eigenvalue weighted by atomic mass is 9.94. The molecule has 0 atom stereocenters. The van der Waals surface area contributed by atoms with Crippen molar-refractivity contribution < 1.29 is 4.42 Å². The number of para-hydroxylation sites is 3. The lowest BCUT2D eigenvalue weighted by Crippen LogP contribution is -2.01. The highest BCUT2D eigenvalue weighted by Crippen LogP contribution is 2.40. The number of hydrogen-bond donors (Lipinski definition) is 0. The molecule has 11 aromatic rings. The van der Waals surface area contributed by atoms with Crippen LogP contribution >= 0.6 is 0 Å². The van der Waals surface area contributed by atoms with Crippen molar-refractivity contribution in [2.24, 2.45) is 0 Å². The van der Waals surface area contributed by atoms with Crippen LogP contribution in [0.5, 0.6) is 0 Å². The Morgan fingerprint density at radius 3 is 1.76 bits per heavy atom. The SMILES string of the molecule is c1ccc(-c2nc(-c3cccc4c(-c5ccc6c(c5)oc5ccccc56)cccc34)nc(-c3cccc4c3c3ccccc3n4-c3ccccc3)n2)cc1. The summed E-state index contributed by atoms with van der Waals surface area (Å²) < 4.78 is 8.61. The second kappa shape index (κ2) is 12.1. The van der Waals surface area contributed by atoms with E-state index in [1.54, 1.807) is 0 Å². The summed E-state index contributed by atoms with van der Waals surface area (Å²) in [5.74, 6) is 1.88. The third-order valence-corrected chi connectivity index (χ3v) is 10.5. The van der Waals surface area contributed by atoms with Crippen LogP contribution in [0.4, 0.5) is 0 Å². The maximum absolute atomic E-state index is 6.29. The molecule has 0 fully saturated rings. The maximum Gasteiger partial charge on any atom is 0.164 e. The molecule has 8 aromatic carbocycles. The van der Waals surface area contributed by atoms with Gasteiger partial charge < -0.3 is 8.98 Å². The fraction of sp³-hybridized carbons (Fsp3) is 0. The molecule has 0 spiro atoms. The molecular formula is C49H30N4O. The fourth-order valence-corrected chi connectivity index (χ4v) is 8.04. The summed E-state index contributed by atoms with van der Waals surface area (Å²) in [4.78, 5) is 15.7. The average Bonchev–Trinajstić information content (AvgIpc) is 3.79. The van der Waals surface area contributed by atoms with E-state index in [-0.39, 0.29) is 0 Å². The molecule has 5 nitrogen and oxygen atoms in total. The Labute approximate surface area is 310 Å². The van der Waals surface area contributed by atoms with Crippen LogP contribution in [0.3, 0.4) is 0 Å². The van der Waals surface area contributed by atoms with Crippen molar-refractivity contribution in [1.82, 2.24) is 19.5 Å². The Morgan fingerprint density at radius 1 is 0.352 bits per heavy atom. The third kappa shape index (κ3) is 4.76. The van der Waals surface area contributed by atoms with Gasteiger partial charge in [0.05, 0.1) is 11.0 Å². The third-order valence-electron chi connectivity index (χ3n) is 10.5. The Hall–Kier alpha value is -7.37. The Kier molecular flexibility index (Phi) is 6.79. The molecule has 0 amide bonds. The number of nitrogens with zero attached hydrogens (tertiary/aromatic N) is 4. The van der Waals surface area contributed by atoms with Crippen molar-refractivity contribution in [1.29, 1.82) is 0 Å². The summed E-state index contributed by atoms with van der Waals surface area (Å²) in [5, 5.41) is 6.67. The molecule has 11 rings (SSSR count). The van der Waals surface area contributed by atoms with Crippen LogP contribution in [-0.4, -0.2) is 19.5 Å². The van der Waals surface area contributed by atoms with Gasteiger partial charge >= 0.3 is 0 Å². The number of benzene rings is 8. The Balaban J connectivity index is 1.13. The molecule has 0 aliphatic heterocycles. The van der Waals surface area contributed by atoms with Crippen molar-refractivity contribution >= 4 is 54.5 Å². The zero-order valence-corrected chi connectivity index (χ0v) is 29.0. The molecule has 0 saturated carbocycles. The van der Waals surface area contributed by atoms with Gasteiger partial charge in [-0.25, -0.2) is 15.0 Å². The first-order valence-electron chi connectivity index (χ1n) is 18.1. The van der Waals surface area contributed by atoms with Crippen molar-refractivity contribution in [3.63, 3.8) is 0 Å². The van der Waals surface area contributed by atoms with E-state index in [1.165, 1.54) is 0 Å². The Morgan fingerprint density at radius 2 is 0.926 bits per heavy atom. The van der Waals surface area contributed by atoms with Gasteiger partial charge in [0.2, 0.25) is 0 Å². The summed E-state index contributed by atoms with van der Waals surface area (Å²) in [6.07, 6.45) is 0. The van der Waals surface area contributed by atoms with E-state index < -0.39 is 0 Å². The van der Waals surface area contributed by atoms with Gasteiger partial charge in [-0.1, -0.05) is 140 Å². The molecular weight excluding hydrogens is 661 g/mol. The number of rotatable bonds is 5. The highest BCUT2D eigenvalue weighted by atomic mass is 16.3. The summed E-state index contributed by atoms with van der Waals surface area (Å²) in [5.41, 5.74) is 10.1. The maximum atomic E-state index is 6.29. The normalized spacial score (nSPS) is 11.7. The molecule has 0 radical (unpaired) electrons. The van der Waals surface area contributed by atoms with Crippen LogP contribution in [0, 0.1) is 0 Å². The first kappa shape index (κ1) is 30.3. The van der Waals surface area contributed by atoms with E-state index in [4.69, 9.17) is 19.4 Å². The van der Waals surface area contributed by atoms with Crippen molar-refractivity contribution in [2.45, 2.75) is 0 Å². The average molecular weight is 691 g/mol. The van der Waals surface area contributed by atoms with E-state index in [0.29, 0.717) is 17.5 Å². The number of hydrogen-bond acceptors (Lipinski definition) is 4. The predicted octanol–water partition coefficient (Wildman–Crippen LogP) is 12.7. The molecule has 0 aliphatic rings. The molecule has 252 valence electrons. The smallest absolute Gasteiger partial charge is 0.164 e. The zero-order valence-electron chi connectivity index (χ0n) is 29.0. The van der Waals surface area contributed by atoms with E-state index in [9.17, 15) is 0 Å². The lowest BCUT2D eigenvalue weighted by Gasteiger charge is -2.13.